The molecule has 0 heterocycles. The van der Waals surface area contributed by atoms with Crippen molar-refractivity contribution in [3.05, 3.63) is 0 Å². The number of carbonyl (C=O) groups is 2. The van der Waals surface area contributed by atoms with Crippen LogP contribution in [0.5, 0.6) is 0 Å². The molecule has 100 valence electrons. The van der Waals surface area contributed by atoms with Gasteiger partial charge in [-0.1, -0.05) is 0 Å². The maximum Gasteiger partial charge on any atom is 0.410 e. The molecule has 17 heavy (non-hydrogen) atoms. The van der Waals surface area contributed by atoms with Crippen LogP contribution in [0.1, 0.15) is 34.1 Å². The van der Waals surface area contributed by atoms with Crippen molar-refractivity contribution in [2.24, 2.45) is 0 Å². The summed E-state index contributed by atoms with van der Waals surface area (Å²) < 4.78 is 5.22. The molecule has 1 unspecified atom stereocenters. The van der Waals surface area contributed by atoms with Crippen molar-refractivity contribution in [1.82, 2.24) is 9.80 Å². The monoisotopic (exact) mass is 244 g/mol. The van der Waals surface area contributed by atoms with Crippen molar-refractivity contribution < 1.29 is 14.3 Å². The van der Waals surface area contributed by atoms with E-state index in [4.69, 9.17) is 4.74 Å². The van der Waals surface area contributed by atoms with Gasteiger partial charge in [0.2, 0.25) is 5.91 Å². The summed E-state index contributed by atoms with van der Waals surface area (Å²) in [6.07, 6.45) is -0.112. The topological polar surface area (TPSA) is 49.9 Å². The van der Waals surface area contributed by atoms with E-state index in [0.717, 1.165) is 0 Å². The molecule has 0 aliphatic carbocycles. The van der Waals surface area contributed by atoms with Gasteiger partial charge >= 0.3 is 6.09 Å². The average Bonchev–Trinajstić information content (AvgIpc) is 2.13. The van der Waals surface area contributed by atoms with E-state index in [0.29, 0.717) is 6.42 Å². The first-order chi connectivity index (χ1) is 7.54. The number of amides is 2. The lowest BCUT2D eigenvalue weighted by molar-refractivity contribution is -0.129. The number of carbonyl (C=O) groups excluding carboxylic acids is 2. The van der Waals surface area contributed by atoms with E-state index in [1.807, 2.05) is 27.7 Å². The Bertz CT molecular complexity index is 282. The van der Waals surface area contributed by atoms with Crippen LogP contribution in [0.4, 0.5) is 4.79 Å². The third kappa shape index (κ3) is 6.14. The second-order valence-electron chi connectivity index (χ2n) is 5.43. The van der Waals surface area contributed by atoms with Gasteiger partial charge in [-0.3, -0.25) is 4.79 Å². The zero-order valence-corrected chi connectivity index (χ0v) is 11.9. The molecule has 0 N–H and O–H groups in total. The maximum atomic E-state index is 11.7. The lowest BCUT2D eigenvalue weighted by Gasteiger charge is -2.29. The smallest absolute Gasteiger partial charge is 0.410 e. The van der Waals surface area contributed by atoms with E-state index in [1.165, 1.54) is 9.80 Å². The van der Waals surface area contributed by atoms with Gasteiger partial charge in [0.15, 0.2) is 0 Å². The number of hydrogen-bond acceptors (Lipinski definition) is 3. The summed E-state index contributed by atoms with van der Waals surface area (Å²) in [7, 11) is 5.03. The molecular weight excluding hydrogens is 220 g/mol. The Balaban J connectivity index is 4.35. The van der Waals surface area contributed by atoms with Gasteiger partial charge in [-0.05, 0) is 27.7 Å². The van der Waals surface area contributed by atoms with Crippen molar-refractivity contribution in [3.63, 3.8) is 0 Å². The van der Waals surface area contributed by atoms with Crippen LogP contribution in [0.3, 0.4) is 0 Å². The molecule has 0 aromatic heterocycles. The lowest BCUT2D eigenvalue weighted by atomic mass is 10.2. The summed E-state index contributed by atoms with van der Waals surface area (Å²) in [6, 6.07) is -0.181. The standard InChI is InChI=1S/C12H24N2O3/c1-9(8-10(15)13(5)6)14(7)11(16)17-12(2,3)4/h9H,8H2,1-7H3. The molecule has 0 aliphatic rings. The second kappa shape index (κ2) is 5.89. The van der Waals surface area contributed by atoms with Crippen molar-refractivity contribution >= 4 is 12.0 Å². The second-order valence-corrected chi connectivity index (χ2v) is 5.43. The molecule has 0 rings (SSSR count). The fourth-order valence-electron chi connectivity index (χ4n) is 1.09. The van der Waals surface area contributed by atoms with Gasteiger partial charge in [0.05, 0.1) is 0 Å². The van der Waals surface area contributed by atoms with Crippen LogP contribution < -0.4 is 0 Å². The SMILES string of the molecule is CC(CC(=O)N(C)C)N(C)C(=O)OC(C)(C)C. The van der Waals surface area contributed by atoms with Crippen molar-refractivity contribution in [2.75, 3.05) is 21.1 Å². The van der Waals surface area contributed by atoms with Crippen LogP contribution in [-0.2, 0) is 9.53 Å². The summed E-state index contributed by atoms with van der Waals surface area (Å²) in [5, 5.41) is 0. The Kier molecular flexibility index (Phi) is 5.45. The third-order valence-corrected chi connectivity index (χ3v) is 2.31. The highest BCUT2D eigenvalue weighted by molar-refractivity contribution is 5.77. The fraction of sp³-hybridized carbons (Fsp3) is 0.833. The predicted molar refractivity (Wildman–Crippen MR) is 66.8 cm³/mol. The molecule has 5 heteroatoms. The number of hydrogen-bond donors (Lipinski definition) is 0. The highest BCUT2D eigenvalue weighted by atomic mass is 16.6. The Hall–Kier alpha value is -1.26. The summed E-state index contributed by atoms with van der Waals surface area (Å²) in [6.45, 7) is 7.27. The molecule has 0 aliphatic heterocycles. The van der Waals surface area contributed by atoms with Crippen LogP contribution in [0.15, 0.2) is 0 Å². The van der Waals surface area contributed by atoms with Gasteiger partial charge in [0.25, 0.3) is 0 Å². The molecule has 0 aromatic carbocycles. The molecule has 0 radical (unpaired) electrons. The van der Waals surface area contributed by atoms with Crippen molar-refractivity contribution in [2.45, 2.75) is 45.8 Å². The highest BCUT2D eigenvalue weighted by Gasteiger charge is 2.24. The molecule has 5 nitrogen and oxygen atoms in total. The summed E-state index contributed by atoms with van der Waals surface area (Å²) in [5.74, 6) is -0.00657. The van der Waals surface area contributed by atoms with E-state index in [1.54, 1.807) is 21.1 Å². The van der Waals surface area contributed by atoms with E-state index < -0.39 is 11.7 Å². The first kappa shape index (κ1) is 15.7. The minimum atomic E-state index is -0.517. The van der Waals surface area contributed by atoms with Gasteiger partial charge in [-0.2, -0.15) is 0 Å². The fourth-order valence-corrected chi connectivity index (χ4v) is 1.09. The predicted octanol–water partition coefficient (Wildman–Crippen LogP) is 1.72. The first-order valence-electron chi connectivity index (χ1n) is 5.70. The largest absolute Gasteiger partial charge is 0.444 e. The molecule has 2 amide bonds. The average molecular weight is 244 g/mol. The van der Waals surface area contributed by atoms with E-state index in [2.05, 4.69) is 0 Å². The zero-order chi connectivity index (χ0) is 13.8. The Morgan fingerprint density at radius 3 is 2.00 bits per heavy atom. The molecule has 0 saturated carbocycles. The summed E-state index contributed by atoms with van der Waals surface area (Å²) in [5.41, 5.74) is -0.517. The van der Waals surface area contributed by atoms with Crippen LogP contribution in [0, 0.1) is 0 Å². The van der Waals surface area contributed by atoms with Gasteiger partial charge < -0.3 is 14.5 Å². The van der Waals surface area contributed by atoms with E-state index >= 15 is 0 Å². The van der Waals surface area contributed by atoms with Crippen LogP contribution >= 0.6 is 0 Å². The molecule has 0 saturated heterocycles. The van der Waals surface area contributed by atoms with E-state index in [-0.39, 0.29) is 11.9 Å². The molecule has 1 atom stereocenters. The van der Waals surface area contributed by atoms with Crippen LogP contribution in [-0.4, -0.2) is 54.6 Å². The van der Waals surface area contributed by atoms with Crippen molar-refractivity contribution in [3.8, 4) is 0 Å². The summed E-state index contributed by atoms with van der Waals surface area (Å²) >= 11 is 0. The van der Waals surface area contributed by atoms with Gasteiger partial charge in [-0.15, -0.1) is 0 Å². The summed E-state index contributed by atoms with van der Waals surface area (Å²) in [4.78, 5) is 26.2. The Morgan fingerprint density at radius 1 is 1.18 bits per heavy atom. The first-order valence-corrected chi connectivity index (χ1v) is 5.70. The number of ether oxygens (including phenoxy) is 1. The van der Waals surface area contributed by atoms with E-state index in [9.17, 15) is 9.59 Å². The molecule has 0 fully saturated rings. The minimum Gasteiger partial charge on any atom is -0.444 e. The number of rotatable bonds is 3. The zero-order valence-electron chi connectivity index (χ0n) is 11.9. The molecule has 0 aromatic rings. The maximum absolute atomic E-state index is 11.7. The molecule has 0 spiro atoms. The highest BCUT2D eigenvalue weighted by Crippen LogP contribution is 2.12. The lowest BCUT2D eigenvalue weighted by Crippen LogP contribution is -2.41. The van der Waals surface area contributed by atoms with Crippen molar-refractivity contribution in [1.29, 1.82) is 0 Å². The quantitative estimate of drug-likeness (QED) is 0.759. The molecular formula is C12H24N2O3. The third-order valence-electron chi connectivity index (χ3n) is 2.31. The minimum absolute atomic E-state index is 0.00657. The number of nitrogens with zero attached hydrogens (tertiary/aromatic N) is 2. The van der Waals surface area contributed by atoms with Crippen LogP contribution in [0.2, 0.25) is 0 Å². The van der Waals surface area contributed by atoms with Gasteiger partial charge in [0, 0.05) is 33.6 Å². The van der Waals surface area contributed by atoms with Gasteiger partial charge in [0.1, 0.15) is 5.60 Å². The van der Waals surface area contributed by atoms with Crippen LogP contribution in [0.25, 0.3) is 0 Å². The molecule has 0 bridgehead atoms. The van der Waals surface area contributed by atoms with Gasteiger partial charge in [-0.25, -0.2) is 4.79 Å². The Morgan fingerprint density at radius 2 is 1.65 bits per heavy atom. The Labute approximate surface area is 104 Å². The normalized spacial score (nSPS) is 12.9.